The second kappa shape index (κ2) is 7.68. The average molecular weight is 434 g/mol. The minimum atomic E-state index is -3.79. The van der Waals surface area contributed by atoms with Crippen LogP contribution in [0.2, 0.25) is 5.02 Å². The molecule has 1 amide bonds. The van der Waals surface area contributed by atoms with Crippen molar-refractivity contribution in [3.63, 3.8) is 0 Å². The normalized spacial score (nSPS) is 19.3. The van der Waals surface area contributed by atoms with Gasteiger partial charge in [0.05, 0.1) is 11.8 Å². The number of rotatable bonds is 2. The summed E-state index contributed by atoms with van der Waals surface area (Å²) in [6, 6.07) is 8.34. The minimum absolute atomic E-state index is 0.0873. The number of nitrogens with zero attached hydrogens (tertiary/aromatic N) is 3. The lowest BCUT2D eigenvalue weighted by atomic mass is 10.1. The summed E-state index contributed by atoms with van der Waals surface area (Å²) in [6.45, 7) is 3.96. The van der Waals surface area contributed by atoms with E-state index >= 15 is 0 Å². The Bertz CT molecular complexity index is 1090. The van der Waals surface area contributed by atoms with Crippen molar-refractivity contribution in [2.75, 3.05) is 26.2 Å². The molecular formula is C20H20ClN3O4S. The van der Waals surface area contributed by atoms with Gasteiger partial charge in [-0.1, -0.05) is 23.7 Å². The van der Waals surface area contributed by atoms with Gasteiger partial charge in [0.15, 0.2) is 0 Å². The Kier molecular flexibility index (Phi) is 5.23. The molecule has 0 bridgehead atoms. The van der Waals surface area contributed by atoms with Crippen molar-refractivity contribution < 1.29 is 17.6 Å². The number of carbonyl (C=O) groups is 1. The van der Waals surface area contributed by atoms with E-state index in [0.29, 0.717) is 60.2 Å². The van der Waals surface area contributed by atoms with Crippen LogP contribution in [-0.4, -0.2) is 56.1 Å². The average Bonchev–Trinajstić information content (AvgIpc) is 3.21. The van der Waals surface area contributed by atoms with E-state index in [0.717, 1.165) is 0 Å². The van der Waals surface area contributed by atoms with Crippen molar-refractivity contribution in [3.8, 4) is 0 Å². The van der Waals surface area contributed by atoms with Gasteiger partial charge in [-0.25, -0.2) is 0 Å². The van der Waals surface area contributed by atoms with Gasteiger partial charge in [0.1, 0.15) is 17.0 Å². The summed E-state index contributed by atoms with van der Waals surface area (Å²) < 4.78 is 34.5. The first-order valence-electron chi connectivity index (χ1n) is 9.25. The predicted molar refractivity (Wildman–Crippen MR) is 111 cm³/mol. The van der Waals surface area contributed by atoms with Crippen LogP contribution < -0.4 is 0 Å². The van der Waals surface area contributed by atoms with E-state index in [2.05, 4.69) is 4.40 Å². The smallest absolute Gasteiger partial charge is 0.285 e. The molecule has 0 radical (unpaired) electrons. The highest BCUT2D eigenvalue weighted by molar-refractivity contribution is 8.00. The second-order valence-corrected chi connectivity index (χ2v) is 8.97. The Morgan fingerprint density at radius 2 is 1.86 bits per heavy atom. The van der Waals surface area contributed by atoms with Crippen molar-refractivity contribution in [2.45, 2.75) is 13.3 Å². The van der Waals surface area contributed by atoms with Gasteiger partial charge in [-0.05, 0) is 37.1 Å². The maximum atomic E-state index is 12.7. The predicted octanol–water partition coefficient (Wildman–Crippen LogP) is 3.25. The molecule has 0 atom stereocenters. The van der Waals surface area contributed by atoms with E-state index in [4.69, 9.17) is 16.0 Å². The van der Waals surface area contributed by atoms with E-state index < -0.39 is 10.0 Å². The van der Waals surface area contributed by atoms with Crippen LogP contribution >= 0.6 is 11.6 Å². The SMILES string of the molecule is CC1=C(c2ccc(Cl)cc2)S(=O)(=O)N=C1N1CCCN(C(=O)c2ccoc2)CC1. The fourth-order valence-corrected chi connectivity index (χ4v) is 5.30. The highest BCUT2D eigenvalue weighted by Crippen LogP contribution is 2.34. The molecule has 152 valence electrons. The van der Waals surface area contributed by atoms with Crippen LogP contribution in [-0.2, 0) is 10.0 Å². The topological polar surface area (TPSA) is 83.2 Å². The summed E-state index contributed by atoms with van der Waals surface area (Å²) in [5.41, 5.74) is 1.69. The third kappa shape index (κ3) is 3.82. The number of halogens is 1. The number of benzene rings is 1. The van der Waals surface area contributed by atoms with Crippen LogP contribution in [0.4, 0.5) is 0 Å². The molecule has 7 nitrogen and oxygen atoms in total. The molecule has 1 aromatic carbocycles. The van der Waals surface area contributed by atoms with Crippen molar-refractivity contribution in [3.05, 3.63) is 64.6 Å². The lowest BCUT2D eigenvalue weighted by Crippen LogP contribution is -2.37. The van der Waals surface area contributed by atoms with Crippen molar-refractivity contribution in [1.29, 1.82) is 0 Å². The van der Waals surface area contributed by atoms with Gasteiger partial charge < -0.3 is 14.2 Å². The molecule has 0 aliphatic carbocycles. The summed E-state index contributed by atoms with van der Waals surface area (Å²) in [5.74, 6) is 0.364. The first-order chi connectivity index (χ1) is 13.9. The van der Waals surface area contributed by atoms with Crippen LogP contribution in [0.15, 0.2) is 57.2 Å². The molecule has 1 fully saturated rings. The molecule has 4 rings (SSSR count). The lowest BCUT2D eigenvalue weighted by Gasteiger charge is -2.23. The first-order valence-corrected chi connectivity index (χ1v) is 11.1. The maximum absolute atomic E-state index is 12.7. The summed E-state index contributed by atoms with van der Waals surface area (Å²) in [6.07, 6.45) is 3.62. The van der Waals surface area contributed by atoms with E-state index in [1.165, 1.54) is 12.5 Å². The molecule has 0 saturated carbocycles. The monoisotopic (exact) mass is 433 g/mol. The zero-order chi connectivity index (χ0) is 20.6. The van der Waals surface area contributed by atoms with Crippen LogP contribution in [0.25, 0.3) is 4.91 Å². The summed E-state index contributed by atoms with van der Waals surface area (Å²) >= 11 is 5.93. The molecule has 3 heterocycles. The van der Waals surface area contributed by atoms with Crippen LogP contribution in [0, 0.1) is 0 Å². The van der Waals surface area contributed by atoms with Crippen molar-refractivity contribution in [2.24, 2.45) is 4.40 Å². The fraction of sp³-hybridized carbons (Fsp3) is 0.300. The molecule has 1 aromatic heterocycles. The molecule has 9 heteroatoms. The van der Waals surface area contributed by atoms with Gasteiger partial charge in [0.25, 0.3) is 15.9 Å². The quantitative estimate of drug-likeness (QED) is 0.725. The number of amides is 1. The maximum Gasteiger partial charge on any atom is 0.285 e. The number of furan rings is 1. The number of carbonyl (C=O) groups excluding carboxylic acids is 1. The Morgan fingerprint density at radius 3 is 2.55 bits per heavy atom. The van der Waals surface area contributed by atoms with Gasteiger partial charge in [-0.15, -0.1) is 4.40 Å². The highest BCUT2D eigenvalue weighted by atomic mass is 35.5. The molecule has 0 spiro atoms. The largest absolute Gasteiger partial charge is 0.472 e. The van der Waals surface area contributed by atoms with Gasteiger partial charge in [0, 0.05) is 36.8 Å². The highest BCUT2D eigenvalue weighted by Gasteiger charge is 2.34. The fourth-order valence-electron chi connectivity index (χ4n) is 3.69. The third-order valence-corrected chi connectivity index (χ3v) is 6.82. The second-order valence-electron chi connectivity index (χ2n) is 7.00. The van der Waals surface area contributed by atoms with E-state index in [1.807, 2.05) is 4.90 Å². The Hall–Kier alpha value is -2.58. The zero-order valence-corrected chi connectivity index (χ0v) is 17.4. The Balaban J connectivity index is 1.57. The van der Waals surface area contributed by atoms with E-state index in [-0.39, 0.29) is 10.8 Å². The molecule has 0 N–H and O–H groups in total. The van der Waals surface area contributed by atoms with Crippen LogP contribution in [0.3, 0.4) is 0 Å². The molecule has 0 unspecified atom stereocenters. The van der Waals surface area contributed by atoms with Crippen LogP contribution in [0.5, 0.6) is 0 Å². The third-order valence-electron chi connectivity index (χ3n) is 5.10. The summed E-state index contributed by atoms with van der Waals surface area (Å²) in [7, 11) is -3.79. The van der Waals surface area contributed by atoms with Gasteiger partial charge in [-0.2, -0.15) is 8.42 Å². The number of hydrogen-bond acceptors (Lipinski definition) is 5. The molecule has 1 saturated heterocycles. The van der Waals surface area contributed by atoms with E-state index in [1.54, 1.807) is 42.2 Å². The van der Waals surface area contributed by atoms with Gasteiger partial charge >= 0.3 is 0 Å². The Labute approximate surface area is 174 Å². The summed E-state index contributed by atoms with van der Waals surface area (Å²) in [4.78, 5) is 16.5. The standard InChI is InChI=1S/C20H20ClN3O4S/c1-14-18(15-3-5-17(21)6-4-15)29(26,27)22-19(14)23-8-2-9-24(11-10-23)20(25)16-7-12-28-13-16/h3-7,12-13H,2,8-11H2,1H3. The lowest BCUT2D eigenvalue weighted by molar-refractivity contribution is 0.0763. The summed E-state index contributed by atoms with van der Waals surface area (Å²) in [5, 5.41) is 0.540. The Morgan fingerprint density at radius 1 is 1.10 bits per heavy atom. The van der Waals surface area contributed by atoms with Gasteiger partial charge in [-0.3, -0.25) is 4.79 Å². The zero-order valence-electron chi connectivity index (χ0n) is 15.8. The first kappa shape index (κ1) is 19.7. The van der Waals surface area contributed by atoms with Crippen molar-refractivity contribution >= 4 is 38.3 Å². The van der Waals surface area contributed by atoms with E-state index in [9.17, 15) is 13.2 Å². The van der Waals surface area contributed by atoms with Gasteiger partial charge in [0.2, 0.25) is 0 Å². The number of hydrogen-bond donors (Lipinski definition) is 0. The van der Waals surface area contributed by atoms with Crippen molar-refractivity contribution in [1.82, 2.24) is 9.80 Å². The minimum Gasteiger partial charge on any atom is -0.472 e. The number of amidine groups is 1. The molecule has 2 aliphatic heterocycles. The molecule has 2 aliphatic rings. The molecule has 29 heavy (non-hydrogen) atoms. The van der Waals surface area contributed by atoms with Crippen LogP contribution in [0.1, 0.15) is 29.3 Å². The number of sulfonamides is 1. The molecular weight excluding hydrogens is 414 g/mol. The molecule has 2 aromatic rings.